The average molecular weight is 424 g/mol. The summed E-state index contributed by atoms with van der Waals surface area (Å²) in [6, 6.07) is 12.1. The van der Waals surface area contributed by atoms with Gasteiger partial charge in [0.25, 0.3) is 5.91 Å². The first-order chi connectivity index (χ1) is 14.3. The van der Waals surface area contributed by atoms with E-state index in [2.05, 4.69) is 15.6 Å². The third-order valence-electron chi connectivity index (χ3n) is 5.05. The zero-order valence-corrected chi connectivity index (χ0v) is 17.5. The SMILES string of the molecule is COc1ccc2nc(NC(=O)CN3C(=O)NC(C)(c4ccc(C)cc4)C3=O)sc2c1. The minimum Gasteiger partial charge on any atom is -0.497 e. The molecule has 0 radical (unpaired) electrons. The number of benzene rings is 2. The van der Waals surface area contributed by atoms with E-state index < -0.39 is 29.9 Å². The molecule has 0 bridgehead atoms. The molecule has 1 unspecified atom stereocenters. The highest BCUT2D eigenvalue weighted by atomic mass is 32.1. The topological polar surface area (TPSA) is 101 Å². The Morgan fingerprint density at radius 2 is 1.97 bits per heavy atom. The molecular formula is C21H20N4O4S. The van der Waals surface area contributed by atoms with E-state index in [1.54, 1.807) is 38.3 Å². The molecule has 1 saturated heterocycles. The second-order valence-electron chi connectivity index (χ2n) is 7.21. The zero-order chi connectivity index (χ0) is 21.5. The molecule has 9 heteroatoms. The lowest BCUT2D eigenvalue weighted by Gasteiger charge is -2.22. The van der Waals surface area contributed by atoms with Crippen LogP contribution < -0.4 is 15.4 Å². The summed E-state index contributed by atoms with van der Waals surface area (Å²) >= 11 is 1.29. The number of aromatic nitrogens is 1. The standard InChI is InChI=1S/C21H20N4O4S/c1-12-4-6-13(7-5-12)21(2)18(27)25(20(28)24-21)11-17(26)23-19-22-15-9-8-14(29-3)10-16(15)30-19/h4-10H,11H2,1-3H3,(H,24,28)(H,22,23,26). The van der Waals surface area contributed by atoms with Gasteiger partial charge in [-0.15, -0.1) is 0 Å². The Bertz CT molecular complexity index is 1160. The van der Waals surface area contributed by atoms with Crippen molar-refractivity contribution in [3.63, 3.8) is 0 Å². The van der Waals surface area contributed by atoms with Gasteiger partial charge in [-0.1, -0.05) is 41.2 Å². The van der Waals surface area contributed by atoms with Crippen LogP contribution >= 0.6 is 11.3 Å². The number of rotatable bonds is 5. The number of nitrogens with zero attached hydrogens (tertiary/aromatic N) is 2. The van der Waals surface area contributed by atoms with Gasteiger partial charge in [-0.05, 0) is 37.6 Å². The number of amides is 4. The van der Waals surface area contributed by atoms with Crippen molar-refractivity contribution in [2.75, 3.05) is 19.0 Å². The highest BCUT2D eigenvalue weighted by Crippen LogP contribution is 2.30. The molecule has 4 amide bonds. The maximum absolute atomic E-state index is 13.0. The Balaban J connectivity index is 1.48. The summed E-state index contributed by atoms with van der Waals surface area (Å²) < 4.78 is 6.04. The first-order valence-electron chi connectivity index (χ1n) is 9.26. The number of carbonyl (C=O) groups excluding carboxylic acids is 3. The van der Waals surface area contributed by atoms with Crippen molar-refractivity contribution in [3.05, 3.63) is 53.6 Å². The minimum atomic E-state index is -1.21. The van der Waals surface area contributed by atoms with Crippen molar-refractivity contribution in [2.24, 2.45) is 0 Å². The maximum Gasteiger partial charge on any atom is 0.325 e. The van der Waals surface area contributed by atoms with Crippen molar-refractivity contribution in [1.82, 2.24) is 15.2 Å². The summed E-state index contributed by atoms with van der Waals surface area (Å²) in [6.45, 7) is 3.18. The van der Waals surface area contributed by atoms with E-state index in [4.69, 9.17) is 4.74 Å². The normalized spacial score (nSPS) is 18.6. The summed E-state index contributed by atoms with van der Waals surface area (Å²) in [6.07, 6.45) is 0. The molecule has 1 fully saturated rings. The van der Waals surface area contributed by atoms with Gasteiger partial charge in [0.15, 0.2) is 5.13 Å². The molecule has 1 aliphatic heterocycles. The Morgan fingerprint density at radius 1 is 1.23 bits per heavy atom. The van der Waals surface area contributed by atoms with Gasteiger partial charge in [0.05, 0.1) is 17.3 Å². The number of hydrogen-bond acceptors (Lipinski definition) is 6. The molecule has 30 heavy (non-hydrogen) atoms. The molecular weight excluding hydrogens is 404 g/mol. The molecule has 1 atom stereocenters. The first-order valence-corrected chi connectivity index (χ1v) is 10.1. The second kappa shape index (κ2) is 7.42. The van der Waals surface area contributed by atoms with Gasteiger partial charge in [-0.2, -0.15) is 0 Å². The first kappa shape index (κ1) is 19.8. The molecule has 0 saturated carbocycles. The number of fused-ring (bicyclic) bond motifs is 1. The van der Waals surface area contributed by atoms with Crippen LogP contribution in [0.5, 0.6) is 5.75 Å². The monoisotopic (exact) mass is 424 g/mol. The number of ether oxygens (including phenoxy) is 1. The molecule has 1 aliphatic rings. The van der Waals surface area contributed by atoms with Crippen LogP contribution in [0.1, 0.15) is 18.1 Å². The molecule has 2 heterocycles. The Kier molecular flexibility index (Phi) is 4.90. The molecule has 154 valence electrons. The fraction of sp³-hybridized carbons (Fsp3) is 0.238. The summed E-state index contributed by atoms with van der Waals surface area (Å²) in [5.41, 5.74) is 1.22. The zero-order valence-electron chi connectivity index (χ0n) is 16.7. The Labute approximate surface area is 176 Å². The van der Waals surface area contributed by atoms with Gasteiger partial charge < -0.3 is 15.4 Å². The quantitative estimate of drug-likeness (QED) is 0.613. The van der Waals surface area contributed by atoms with Crippen LogP contribution in [0.4, 0.5) is 9.93 Å². The number of methoxy groups -OCH3 is 1. The van der Waals surface area contributed by atoms with Crippen LogP contribution in [0, 0.1) is 6.92 Å². The fourth-order valence-corrected chi connectivity index (χ4v) is 4.22. The number of urea groups is 1. The van der Waals surface area contributed by atoms with E-state index in [1.165, 1.54) is 11.3 Å². The molecule has 2 N–H and O–H groups in total. The molecule has 1 aromatic heterocycles. The van der Waals surface area contributed by atoms with E-state index in [0.717, 1.165) is 20.7 Å². The van der Waals surface area contributed by atoms with Crippen molar-refractivity contribution in [3.8, 4) is 5.75 Å². The third kappa shape index (κ3) is 3.48. The average Bonchev–Trinajstić information content (AvgIpc) is 3.21. The van der Waals surface area contributed by atoms with E-state index in [9.17, 15) is 14.4 Å². The third-order valence-corrected chi connectivity index (χ3v) is 5.98. The van der Waals surface area contributed by atoms with Crippen LogP contribution in [-0.4, -0.2) is 41.4 Å². The number of nitrogens with one attached hydrogen (secondary N) is 2. The lowest BCUT2D eigenvalue weighted by atomic mass is 9.91. The highest BCUT2D eigenvalue weighted by molar-refractivity contribution is 7.22. The van der Waals surface area contributed by atoms with Crippen LogP contribution in [-0.2, 0) is 15.1 Å². The van der Waals surface area contributed by atoms with Crippen molar-refractivity contribution >= 4 is 44.5 Å². The van der Waals surface area contributed by atoms with E-state index in [0.29, 0.717) is 16.4 Å². The lowest BCUT2D eigenvalue weighted by Crippen LogP contribution is -2.42. The van der Waals surface area contributed by atoms with Crippen molar-refractivity contribution < 1.29 is 19.1 Å². The smallest absolute Gasteiger partial charge is 0.325 e. The number of carbonyl (C=O) groups is 3. The summed E-state index contributed by atoms with van der Waals surface area (Å²) in [5, 5.41) is 5.75. The molecule has 3 aromatic rings. The van der Waals surface area contributed by atoms with Crippen LogP contribution in [0.3, 0.4) is 0 Å². The number of hydrogen-bond donors (Lipinski definition) is 2. The number of anilines is 1. The fourth-order valence-electron chi connectivity index (χ4n) is 3.31. The number of aryl methyl sites for hydroxylation is 1. The van der Waals surface area contributed by atoms with Gasteiger partial charge in [0, 0.05) is 0 Å². The molecule has 2 aromatic carbocycles. The number of imide groups is 1. The van der Waals surface area contributed by atoms with E-state index in [-0.39, 0.29) is 0 Å². The van der Waals surface area contributed by atoms with Gasteiger partial charge in [-0.3, -0.25) is 14.5 Å². The Morgan fingerprint density at radius 3 is 2.67 bits per heavy atom. The van der Waals surface area contributed by atoms with Crippen LogP contribution in [0.15, 0.2) is 42.5 Å². The molecule has 8 nitrogen and oxygen atoms in total. The molecule has 4 rings (SSSR count). The largest absolute Gasteiger partial charge is 0.497 e. The summed E-state index contributed by atoms with van der Waals surface area (Å²) in [4.78, 5) is 43.2. The van der Waals surface area contributed by atoms with Gasteiger partial charge in [-0.25, -0.2) is 9.78 Å². The number of thiazole rings is 1. The Hall–Kier alpha value is -3.46. The van der Waals surface area contributed by atoms with Gasteiger partial charge in [0.2, 0.25) is 5.91 Å². The minimum absolute atomic E-state index is 0.386. The van der Waals surface area contributed by atoms with Gasteiger partial charge >= 0.3 is 6.03 Å². The van der Waals surface area contributed by atoms with Crippen LogP contribution in [0.2, 0.25) is 0 Å². The van der Waals surface area contributed by atoms with Crippen molar-refractivity contribution in [1.29, 1.82) is 0 Å². The molecule has 0 spiro atoms. The van der Waals surface area contributed by atoms with Crippen LogP contribution in [0.25, 0.3) is 10.2 Å². The predicted molar refractivity (Wildman–Crippen MR) is 114 cm³/mol. The second-order valence-corrected chi connectivity index (χ2v) is 8.24. The summed E-state index contributed by atoms with van der Waals surface area (Å²) in [7, 11) is 1.58. The lowest BCUT2D eigenvalue weighted by molar-refractivity contribution is -0.133. The van der Waals surface area contributed by atoms with Crippen molar-refractivity contribution in [2.45, 2.75) is 19.4 Å². The van der Waals surface area contributed by atoms with Gasteiger partial charge in [0.1, 0.15) is 17.8 Å². The van der Waals surface area contributed by atoms with E-state index in [1.807, 2.05) is 25.1 Å². The summed E-state index contributed by atoms with van der Waals surface area (Å²) in [5.74, 6) is -0.281. The van der Waals surface area contributed by atoms with E-state index >= 15 is 0 Å². The predicted octanol–water partition coefficient (Wildman–Crippen LogP) is 3.02. The maximum atomic E-state index is 13.0. The highest BCUT2D eigenvalue weighted by Gasteiger charge is 2.49. The molecule has 0 aliphatic carbocycles.